The number of halogens is 1. The Hall–Kier alpha value is -1.20. The molecule has 1 aliphatic rings. The summed E-state index contributed by atoms with van der Waals surface area (Å²) in [4.78, 5) is 0. The molecule has 0 unspecified atom stereocenters. The Labute approximate surface area is 119 Å². The van der Waals surface area contributed by atoms with Crippen molar-refractivity contribution >= 4 is 23.0 Å². The second kappa shape index (κ2) is 6.30. The molecule has 0 amide bonds. The lowest BCUT2D eigenvalue weighted by Crippen LogP contribution is -2.55. The summed E-state index contributed by atoms with van der Waals surface area (Å²) >= 11 is 5.30. The number of anilines is 1. The molecule has 0 radical (unpaired) electrons. The van der Waals surface area contributed by atoms with Gasteiger partial charge in [0.15, 0.2) is 5.11 Å². The van der Waals surface area contributed by atoms with E-state index in [1.165, 1.54) is 31.4 Å². The zero-order valence-electron chi connectivity index (χ0n) is 11.3. The van der Waals surface area contributed by atoms with Gasteiger partial charge in [0.1, 0.15) is 5.82 Å². The van der Waals surface area contributed by atoms with E-state index >= 15 is 0 Å². The highest BCUT2D eigenvalue weighted by molar-refractivity contribution is 7.80. The Kier molecular flexibility index (Phi) is 4.71. The number of rotatable bonds is 2. The number of benzene rings is 1. The van der Waals surface area contributed by atoms with Crippen molar-refractivity contribution in [3.05, 3.63) is 30.1 Å². The average molecular weight is 281 g/mol. The van der Waals surface area contributed by atoms with Crippen LogP contribution in [0.15, 0.2) is 24.3 Å². The number of nitrogens with one attached hydrogen (secondary N) is 2. The van der Waals surface area contributed by atoms with Crippen LogP contribution in [-0.2, 0) is 0 Å². The normalized spacial score (nSPS) is 23.9. The average Bonchev–Trinajstić information content (AvgIpc) is 2.37. The van der Waals surface area contributed by atoms with Gasteiger partial charge in [-0.25, -0.2) is 9.40 Å². The van der Waals surface area contributed by atoms with Gasteiger partial charge in [-0.05, 0) is 63.2 Å². The molecule has 0 aliphatic carbocycles. The molecular formula is C14H20FN3S. The smallest absolute Gasteiger partial charge is 0.185 e. The van der Waals surface area contributed by atoms with Gasteiger partial charge in [-0.2, -0.15) is 0 Å². The first-order valence-corrected chi connectivity index (χ1v) is 7.08. The molecule has 0 spiro atoms. The minimum absolute atomic E-state index is 0.247. The predicted octanol–water partition coefficient (Wildman–Crippen LogP) is 3.29. The lowest BCUT2D eigenvalue weighted by atomic mass is 10.00. The van der Waals surface area contributed by atoms with Crippen LogP contribution in [0.1, 0.15) is 33.1 Å². The van der Waals surface area contributed by atoms with Gasteiger partial charge >= 0.3 is 0 Å². The van der Waals surface area contributed by atoms with Crippen LogP contribution in [-0.4, -0.2) is 22.2 Å². The summed E-state index contributed by atoms with van der Waals surface area (Å²) < 4.78 is 12.8. The van der Waals surface area contributed by atoms with Gasteiger partial charge in [-0.15, -0.1) is 0 Å². The summed E-state index contributed by atoms with van der Waals surface area (Å²) in [5.41, 5.74) is 4.03. The number of nitrogens with zero attached hydrogens (tertiary/aromatic N) is 1. The van der Waals surface area contributed by atoms with Gasteiger partial charge < -0.3 is 5.32 Å². The van der Waals surface area contributed by atoms with Crippen molar-refractivity contribution in [3.8, 4) is 0 Å². The topological polar surface area (TPSA) is 27.3 Å². The van der Waals surface area contributed by atoms with Crippen molar-refractivity contribution in [1.29, 1.82) is 0 Å². The number of piperidine rings is 1. The zero-order chi connectivity index (χ0) is 13.8. The third kappa shape index (κ3) is 3.88. The second-order valence-corrected chi connectivity index (χ2v) is 5.52. The van der Waals surface area contributed by atoms with Gasteiger partial charge in [-0.1, -0.05) is 6.42 Å². The maximum Gasteiger partial charge on any atom is 0.185 e. The Morgan fingerprint density at radius 3 is 2.37 bits per heavy atom. The molecule has 3 nitrogen and oxygen atoms in total. The van der Waals surface area contributed by atoms with E-state index in [9.17, 15) is 4.39 Å². The van der Waals surface area contributed by atoms with Crippen LogP contribution >= 0.6 is 12.2 Å². The van der Waals surface area contributed by atoms with Crippen LogP contribution in [0.3, 0.4) is 0 Å². The van der Waals surface area contributed by atoms with Gasteiger partial charge in [0.25, 0.3) is 0 Å². The predicted molar refractivity (Wildman–Crippen MR) is 80.4 cm³/mol. The lowest BCUT2D eigenvalue weighted by Gasteiger charge is -2.39. The lowest BCUT2D eigenvalue weighted by molar-refractivity contribution is 0.0750. The molecule has 5 heteroatoms. The fraction of sp³-hybridized carbons (Fsp3) is 0.500. The molecule has 2 rings (SSSR count). The largest absolute Gasteiger partial charge is 0.332 e. The Bertz CT molecular complexity index is 425. The van der Waals surface area contributed by atoms with E-state index < -0.39 is 0 Å². The van der Waals surface area contributed by atoms with Crippen molar-refractivity contribution in [3.63, 3.8) is 0 Å². The number of hydrogen-bond donors (Lipinski definition) is 2. The molecule has 104 valence electrons. The molecule has 2 N–H and O–H groups in total. The molecule has 0 saturated carbocycles. The van der Waals surface area contributed by atoms with Crippen LogP contribution in [0.5, 0.6) is 0 Å². The SMILES string of the molecule is C[C@H]1CCC[C@H](C)N1NC(=S)Nc1ccc(F)cc1. The van der Waals surface area contributed by atoms with Gasteiger partial charge in [0.05, 0.1) is 0 Å². The highest BCUT2D eigenvalue weighted by Crippen LogP contribution is 2.20. The molecular weight excluding hydrogens is 261 g/mol. The molecule has 1 fully saturated rings. The highest BCUT2D eigenvalue weighted by atomic mass is 32.1. The fourth-order valence-corrected chi connectivity index (χ4v) is 2.67. The van der Waals surface area contributed by atoms with Crippen molar-refractivity contribution in [2.24, 2.45) is 0 Å². The van der Waals surface area contributed by atoms with Crippen LogP contribution in [0.25, 0.3) is 0 Å². The minimum atomic E-state index is -0.247. The number of hydrazine groups is 1. The van der Waals surface area contributed by atoms with E-state index in [2.05, 4.69) is 29.6 Å². The fourth-order valence-electron chi connectivity index (χ4n) is 2.45. The first-order valence-electron chi connectivity index (χ1n) is 6.68. The molecule has 1 aromatic rings. The van der Waals surface area contributed by atoms with Crippen LogP contribution < -0.4 is 10.7 Å². The molecule has 1 heterocycles. The monoisotopic (exact) mass is 281 g/mol. The Balaban J connectivity index is 1.91. The highest BCUT2D eigenvalue weighted by Gasteiger charge is 2.25. The zero-order valence-corrected chi connectivity index (χ0v) is 12.1. The summed E-state index contributed by atoms with van der Waals surface area (Å²) in [6.07, 6.45) is 3.62. The molecule has 1 aromatic carbocycles. The first-order chi connectivity index (χ1) is 9.06. The van der Waals surface area contributed by atoms with Crippen LogP contribution in [0, 0.1) is 5.82 Å². The van der Waals surface area contributed by atoms with Crippen molar-refractivity contribution < 1.29 is 4.39 Å². The van der Waals surface area contributed by atoms with Crippen molar-refractivity contribution in [2.75, 3.05) is 5.32 Å². The standard InChI is InChI=1S/C14H20FN3S/c1-10-4-3-5-11(2)18(10)17-14(19)16-13-8-6-12(15)7-9-13/h6-11H,3-5H2,1-2H3,(H2,16,17,19)/t10-,11-/m0/s1. The molecule has 2 atom stereocenters. The van der Waals surface area contributed by atoms with Gasteiger partial charge in [-0.3, -0.25) is 5.43 Å². The summed E-state index contributed by atoms with van der Waals surface area (Å²) in [5, 5.41) is 5.81. The Morgan fingerprint density at radius 2 is 1.79 bits per heavy atom. The van der Waals surface area contributed by atoms with E-state index in [-0.39, 0.29) is 5.82 Å². The molecule has 1 saturated heterocycles. The third-order valence-electron chi connectivity index (χ3n) is 3.53. The second-order valence-electron chi connectivity index (χ2n) is 5.11. The maximum atomic E-state index is 12.8. The number of hydrogen-bond acceptors (Lipinski definition) is 2. The van der Waals surface area contributed by atoms with E-state index in [0.717, 1.165) is 5.69 Å². The minimum Gasteiger partial charge on any atom is -0.332 e. The summed E-state index contributed by atoms with van der Waals surface area (Å²) in [5.74, 6) is -0.247. The van der Waals surface area contributed by atoms with Crippen molar-refractivity contribution in [1.82, 2.24) is 10.4 Å². The van der Waals surface area contributed by atoms with E-state index in [0.29, 0.717) is 17.2 Å². The molecule has 0 aromatic heterocycles. The first kappa shape index (κ1) is 14.2. The van der Waals surface area contributed by atoms with Crippen LogP contribution in [0.4, 0.5) is 10.1 Å². The number of thiocarbonyl (C=S) groups is 1. The summed E-state index contributed by atoms with van der Waals surface area (Å²) in [6, 6.07) is 7.11. The molecule has 1 aliphatic heterocycles. The van der Waals surface area contributed by atoms with E-state index in [1.54, 1.807) is 12.1 Å². The summed E-state index contributed by atoms with van der Waals surface area (Å²) in [7, 11) is 0. The van der Waals surface area contributed by atoms with Gasteiger partial charge in [0, 0.05) is 17.8 Å². The van der Waals surface area contributed by atoms with E-state index in [4.69, 9.17) is 12.2 Å². The van der Waals surface area contributed by atoms with E-state index in [1.807, 2.05) is 0 Å². The quantitative estimate of drug-likeness (QED) is 0.814. The maximum absolute atomic E-state index is 12.8. The van der Waals surface area contributed by atoms with Gasteiger partial charge in [0.2, 0.25) is 0 Å². The van der Waals surface area contributed by atoms with Crippen molar-refractivity contribution in [2.45, 2.75) is 45.2 Å². The summed E-state index contributed by atoms with van der Waals surface area (Å²) in [6.45, 7) is 4.40. The molecule has 0 bridgehead atoms. The third-order valence-corrected chi connectivity index (χ3v) is 3.72. The Morgan fingerprint density at radius 1 is 1.21 bits per heavy atom. The molecule has 19 heavy (non-hydrogen) atoms. The van der Waals surface area contributed by atoms with Crippen LogP contribution in [0.2, 0.25) is 0 Å².